The summed E-state index contributed by atoms with van der Waals surface area (Å²) in [7, 11) is -5.12. The number of benzene rings is 2. The predicted molar refractivity (Wildman–Crippen MR) is 103 cm³/mol. The molecule has 13 heteroatoms. The Kier molecular flexibility index (Phi) is 7.99. The molecule has 4 N–H and O–H groups in total. The van der Waals surface area contributed by atoms with E-state index in [0.29, 0.717) is 17.5 Å². The molecule has 2 aromatic carbocycles. The van der Waals surface area contributed by atoms with Gasteiger partial charge >= 0.3 is 10.5 Å². The van der Waals surface area contributed by atoms with E-state index < -0.39 is 16.3 Å². The highest BCUT2D eigenvalue weighted by atomic mass is 32.3. The minimum absolute atomic E-state index is 0.0367. The van der Waals surface area contributed by atoms with E-state index in [4.69, 9.17) is 10.6 Å². The lowest BCUT2D eigenvalue weighted by Gasteiger charge is -2.15. The molecular formula is C16H17F3N4O4S2. The Morgan fingerprint density at radius 1 is 1.24 bits per heavy atom. The number of hydrazone groups is 1. The fourth-order valence-corrected chi connectivity index (χ4v) is 2.89. The molecule has 0 bridgehead atoms. The Bertz CT molecular complexity index is 973. The molecule has 0 aliphatic carbocycles. The van der Waals surface area contributed by atoms with Crippen LogP contribution >= 0.6 is 12.3 Å². The van der Waals surface area contributed by atoms with Gasteiger partial charge in [0.2, 0.25) is 0 Å². The summed E-state index contributed by atoms with van der Waals surface area (Å²) in [6.07, 6.45) is 0.466. The number of rotatable bonds is 9. The van der Waals surface area contributed by atoms with Crippen LogP contribution in [0.15, 0.2) is 41.5 Å². The van der Waals surface area contributed by atoms with Crippen LogP contribution in [0.1, 0.15) is 23.6 Å². The molecule has 0 heterocycles. The maximum Gasteiger partial charge on any atom is 0.488 e. The molecule has 2 rings (SSSR count). The summed E-state index contributed by atoms with van der Waals surface area (Å²) >= 11 is -0.207. The summed E-state index contributed by atoms with van der Waals surface area (Å²) in [4.78, 5) is 2.11. The minimum Gasteiger partial charge on any atom is -0.489 e. The average molecular weight is 450 g/mol. The van der Waals surface area contributed by atoms with Crippen molar-refractivity contribution in [1.82, 2.24) is 10.3 Å². The van der Waals surface area contributed by atoms with Gasteiger partial charge in [-0.3, -0.25) is 5.43 Å². The first kappa shape index (κ1) is 22.6. The van der Waals surface area contributed by atoms with Gasteiger partial charge in [0.1, 0.15) is 23.9 Å². The standard InChI is InChI=1S/C16H17F3N4O4S2/c1-2-10-7-11(16(21-20)22-23-28-18)8-15(17)14(10)9-26-12-3-5-13(6-4-12)27-29(19,24)25/h3-8,23H,2,9,20H2,1H3,(H,21,22). The van der Waals surface area contributed by atoms with Crippen LogP contribution in [0.3, 0.4) is 0 Å². The summed E-state index contributed by atoms with van der Waals surface area (Å²) in [5, 5.41) is 3.45. The van der Waals surface area contributed by atoms with Crippen molar-refractivity contribution in [3.8, 4) is 11.5 Å². The highest BCUT2D eigenvalue weighted by Crippen LogP contribution is 2.23. The van der Waals surface area contributed by atoms with Crippen LogP contribution in [-0.2, 0) is 23.5 Å². The zero-order valence-corrected chi connectivity index (χ0v) is 16.6. The van der Waals surface area contributed by atoms with E-state index in [1.165, 1.54) is 30.3 Å². The Morgan fingerprint density at radius 3 is 2.45 bits per heavy atom. The zero-order chi connectivity index (χ0) is 21.4. The van der Waals surface area contributed by atoms with Gasteiger partial charge in [-0.1, -0.05) is 10.8 Å². The average Bonchev–Trinajstić information content (AvgIpc) is 2.67. The van der Waals surface area contributed by atoms with Crippen molar-refractivity contribution in [2.45, 2.75) is 20.0 Å². The number of nitrogens with two attached hydrogens (primary N) is 1. The molecule has 0 aliphatic heterocycles. The molecule has 0 amide bonds. The zero-order valence-electron chi connectivity index (χ0n) is 15.0. The molecular weight excluding hydrogens is 433 g/mol. The van der Waals surface area contributed by atoms with Crippen molar-refractivity contribution in [3.63, 3.8) is 0 Å². The third-order valence-corrected chi connectivity index (χ3v) is 4.25. The molecule has 0 aliphatic rings. The second-order valence-corrected chi connectivity index (χ2v) is 6.78. The first-order valence-corrected chi connectivity index (χ1v) is 10.0. The van der Waals surface area contributed by atoms with Crippen LogP contribution < -0.4 is 25.0 Å². The molecule has 0 aromatic heterocycles. The number of hydrogen-bond acceptors (Lipinski definition) is 8. The van der Waals surface area contributed by atoms with Crippen LogP contribution in [-0.4, -0.2) is 14.3 Å². The Labute approximate surface area is 170 Å². The van der Waals surface area contributed by atoms with Crippen molar-refractivity contribution in [2.75, 3.05) is 0 Å². The molecule has 0 unspecified atom stereocenters. The Morgan fingerprint density at radius 2 is 1.90 bits per heavy atom. The van der Waals surface area contributed by atoms with Gasteiger partial charge < -0.3 is 14.8 Å². The Balaban J connectivity index is 2.16. The van der Waals surface area contributed by atoms with E-state index in [-0.39, 0.29) is 41.8 Å². The van der Waals surface area contributed by atoms with Crippen molar-refractivity contribution >= 4 is 28.7 Å². The largest absolute Gasteiger partial charge is 0.489 e. The third kappa shape index (κ3) is 6.73. The highest BCUT2D eigenvalue weighted by Gasteiger charge is 2.15. The van der Waals surface area contributed by atoms with Crippen LogP contribution in [0.25, 0.3) is 0 Å². The normalized spacial score (nSPS) is 11.9. The van der Waals surface area contributed by atoms with Gasteiger partial charge in [-0.2, -0.15) is 13.5 Å². The number of hydrogen-bond donors (Lipinski definition) is 3. The van der Waals surface area contributed by atoms with Gasteiger partial charge in [0.25, 0.3) is 0 Å². The molecule has 29 heavy (non-hydrogen) atoms. The first-order valence-electron chi connectivity index (χ1n) is 8.02. The van der Waals surface area contributed by atoms with Crippen molar-refractivity contribution < 1.29 is 29.5 Å². The minimum atomic E-state index is -5.12. The van der Waals surface area contributed by atoms with Gasteiger partial charge in [-0.25, -0.2) is 4.39 Å². The number of nitrogens with one attached hydrogen (secondary N) is 2. The number of halogens is 3. The van der Waals surface area contributed by atoms with Crippen LogP contribution in [0.5, 0.6) is 11.5 Å². The number of ether oxygens (including phenoxy) is 1. The van der Waals surface area contributed by atoms with Gasteiger partial charge in [0.15, 0.2) is 18.2 Å². The molecule has 0 atom stereocenters. The molecule has 0 spiro atoms. The maximum absolute atomic E-state index is 14.6. The van der Waals surface area contributed by atoms with Crippen LogP contribution in [0.4, 0.5) is 12.2 Å². The molecule has 8 nitrogen and oxygen atoms in total. The lowest BCUT2D eigenvalue weighted by Crippen LogP contribution is -2.33. The second kappa shape index (κ2) is 10.2. The topological polar surface area (TPSA) is 115 Å². The molecule has 0 radical (unpaired) electrons. The molecule has 0 fully saturated rings. The maximum atomic E-state index is 14.6. The summed E-state index contributed by atoms with van der Waals surface area (Å²) in [5.74, 6) is 4.75. The van der Waals surface area contributed by atoms with E-state index >= 15 is 0 Å². The Hall–Kier alpha value is -2.64. The third-order valence-electron chi connectivity index (χ3n) is 3.68. The lowest BCUT2D eigenvalue weighted by atomic mass is 10.0. The molecule has 2 aromatic rings. The van der Waals surface area contributed by atoms with Crippen molar-refractivity contribution in [3.05, 3.63) is 58.9 Å². The van der Waals surface area contributed by atoms with Gasteiger partial charge in [0.05, 0.1) is 0 Å². The number of aryl methyl sites for hydroxylation is 1. The van der Waals surface area contributed by atoms with Gasteiger partial charge in [-0.15, -0.1) is 8.72 Å². The van der Waals surface area contributed by atoms with E-state index in [9.17, 15) is 20.6 Å². The van der Waals surface area contributed by atoms with E-state index in [1.54, 1.807) is 6.07 Å². The summed E-state index contributed by atoms with van der Waals surface area (Å²) < 4.78 is 69.8. The lowest BCUT2D eigenvalue weighted by molar-refractivity contribution is 0.298. The monoisotopic (exact) mass is 450 g/mol. The molecule has 0 saturated heterocycles. The second-order valence-electron chi connectivity index (χ2n) is 5.47. The van der Waals surface area contributed by atoms with Crippen molar-refractivity contribution in [2.24, 2.45) is 10.9 Å². The fourth-order valence-electron chi connectivity index (χ4n) is 2.42. The number of hydrazine groups is 1. The van der Waals surface area contributed by atoms with Crippen LogP contribution in [0.2, 0.25) is 0 Å². The summed E-state index contributed by atoms with van der Waals surface area (Å²) in [6, 6.07) is 7.89. The molecule has 158 valence electrons. The van der Waals surface area contributed by atoms with E-state index in [0.717, 1.165) is 0 Å². The first-order chi connectivity index (χ1) is 13.8. The highest BCUT2D eigenvalue weighted by molar-refractivity contribution is 7.92. The number of amidine groups is 1. The predicted octanol–water partition coefficient (Wildman–Crippen LogP) is 2.81. The summed E-state index contributed by atoms with van der Waals surface area (Å²) in [6.45, 7) is 1.69. The quantitative estimate of drug-likeness (QED) is 0.133. The van der Waals surface area contributed by atoms with Crippen molar-refractivity contribution in [1.29, 1.82) is 0 Å². The van der Waals surface area contributed by atoms with Gasteiger partial charge in [-0.05, 0) is 48.4 Å². The number of nitrogens with zero attached hydrogens (tertiary/aromatic N) is 1. The van der Waals surface area contributed by atoms with E-state index in [1.807, 2.05) is 6.92 Å². The fraction of sp³-hybridized carbons (Fsp3) is 0.188. The van der Waals surface area contributed by atoms with E-state index in [2.05, 4.69) is 19.5 Å². The summed E-state index contributed by atoms with van der Waals surface area (Å²) in [5.41, 5.74) is 3.60. The SMILES string of the molecule is CCc1cc(/C(=N/N)NNSF)cc(F)c1COc1ccc(OS(=O)(=O)F)cc1. The van der Waals surface area contributed by atoms with Gasteiger partial charge in [0, 0.05) is 11.1 Å². The van der Waals surface area contributed by atoms with Crippen LogP contribution in [0, 0.1) is 5.82 Å². The smallest absolute Gasteiger partial charge is 0.488 e. The molecule has 0 saturated carbocycles.